The van der Waals surface area contributed by atoms with Gasteiger partial charge in [0.2, 0.25) is 0 Å². The predicted molar refractivity (Wildman–Crippen MR) is 65.5 cm³/mol. The third-order valence-electron chi connectivity index (χ3n) is 2.13. The molecule has 80 valence electrons. The SMILES string of the molecule is N#Cc1cc(CCl)ccc1-n1cc(Br)cn1. The first-order valence-corrected chi connectivity index (χ1v) is 5.87. The van der Waals surface area contributed by atoms with Crippen molar-refractivity contribution in [3.05, 3.63) is 46.2 Å². The molecule has 16 heavy (non-hydrogen) atoms. The van der Waals surface area contributed by atoms with E-state index in [1.165, 1.54) is 0 Å². The number of nitrogens with zero attached hydrogens (tertiary/aromatic N) is 3. The summed E-state index contributed by atoms with van der Waals surface area (Å²) in [6.07, 6.45) is 3.48. The molecule has 1 heterocycles. The third-order valence-corrected chi connectivity index (χ3v) is 2.85. The van der Waals surface area contributed by atoms with Crippen molar-refractivity contribution in [3.63, 3.8) is 0 Å². The van der Waals surface area contributed by atoms with Gasteiger partial charge >= 0.3 is 0 Å². The molecule has 3 nitrogen and oxygen atoms in total. The summed E-state index contributed by atoms with van der Waals surface area (Å²) in [5, 5.41) is 13.2. The maximum Gasteiger partial charge on any atom is 0.101 e. The van der Waals surface area contributed by atoms with Gasteiger partial charge in [-0.2, -0.15) is 10.4 Å². The molecule has 0 fully saturated rings. The molecular formula is C11H7BrClN3. The van der Waals surface area contributed by atoms with Gasteiger partial charge < -0.3 is 0 Å². The Kier molecular flexibility index (Phi) is 3.28. The summed E-state index contributed by atoms with van der Waals surface area (Å²) in [6, 6.07) is 7.65. The molecule has 0 aliphatic rings. The van der Waals surface area contributed by atoms with Crippen LogP contribution < -0.4 is 0 Å². The predicted octanol–water partition coefficient (Wildman–Crippen LogP) is 3.25. The Labute approximate surface area is 106 Å². The molecule has 2 aromatic rings. The van der Waals surface area contributed by atoms with Crippen molar-refractivity contribution < 1.29 is 0 Å². The van der Waals surface area contributed by atoms with Crippen LogP contribution in [0.1, 0.15) is 11.1 Å². The Bertz CT molecular complexity index is 557. The fourth-order valence-corrected chi connectivity index (χ4v) is 1.84. The molecule has 0 spiro atoms. The molecule has 5 heteroatoms. The molecule has 0 saturated heterocycles. The summed E-state index contributed by atoms with van der Waals surface area (Å²) < 4.78 is 2.53. The summed E-state index contributed by atoms with van der Waals surface area (Å²) in [5.74, 6) is 0.401. The first-order chi connectivity index (χ1) is 7.74. The minimum atomic E-state index is 0.401. The maximum absolute atomic E-state index is 9.06. The van der Waals surface area contributed by atoms with Gasteiger partial charge in [0, 0.05) is 12.1 Å². The van der Waals surface area contributed by atoms with Crippen molar-refractivity contribution in [2.75, 3.05) is 0 Å². The molecule has 0 aliphatic heterocycles. The number of hydrogen-bond acceptors (Lipinski definition) is 2. The Hall–Kier alpha value is -1.31. The zero-order valence-corrected chi connectivity index (χ0v) is 10.5. The summed E-state index contributed by atoms with van der Waals surface area (Å²) in [7, 11) is 0. The van der Waals surface area contributed by atoms with Crippen LogP contribution in [0, 0.1) is 11.3 Å². The first kappa shape index (κ1) is 11.2. The Balaban J connectivity index is 2.53. The molecule has 0 unspecified atom stereocenters. The molecular weight excluding hydrogens is 289 g/mol. The van der Waals surface area contributed by atoms with Gasteiger partial charge in [-0.05, 0) is 33.6 Å². The lowest BCUT2D eigenvalue weighted by molar-refractivity contribution is 0.876. The summed E-state index contributed by atoms with van der Waals surface area (Å²) in [6.45, 7) is 0. The van der Waals surface area contributed by atoms with Crippen molar-refractivity contribution in [2.45, 2.75) is 5.88 Å². The number of alkyl halides is 1. The van der Waals surface area contributed by atoms with E-state index in [1.54, 1.807) is 23.1 Å². The largest absolute Gasteiger partial charge is 0.238 e. The van der Waals surface area contributed by atoms with Crippen molar-refractivity contribution in [3.8, 4) is 11.8 Å². The highest BCUT2D eigenvalue weighted by atomic mass is 79.9. The molecule has 1 aromatic carbocycles. The summed E-state index contributed by atoms with van der Waals surface area (Å²) in [5.41, 5.74) is 2.24. The Morgan fingerprint density at radius 1 is 1.50 bits per heavy atom. The minimum absolute atomic E-state index is 0.401. The fraction of sp³-hybridized carbons (Fsp3) is 0.0909. The number of hydrogen-bond donors (Lipinski definition) is 0. The van der Waals surface area contributed by atoms with Crippen LogP contribution >= 0.6 is 27.5 Å². The Morgan fingerprint density at radius 3 is 2.88 bits per heavy atom. The van der Waals surface area contributed by atoms with E-state index < -0.39 is 0 Å². The van der Waals surface area contributed by atoms with Gasteiger partial charge in [-0.25, -0.2) is 4.68 Å². The van der Waals surface area contributed by atoms with E-state index in [0.29, 0.717) is 11.4 Å². The van der Waals surface area contributed by atoms with E-state index in [1.807, 2.05) is 12.1 Å². The number of halogens is 2. The second-order valence-electron chi connectivity index (χ2n) is 3.20. The van der Waals surface area contributed by atoms with Gasteiger partial charge in [-0.3, -0.25) is 0 Å². The second kappa shape index (κ2) is 4.69. The minimum Gasteiger partial charge on any atom is -0.238 e. The van der Waals surface area contributed by atoms with Crippen LogP contribution in [-0.2, 0) is 5.88 Å². The van der Waals surface area contributed by atoms with E-state index in [-0.39, 0.29) is 0 Å². The van der Waals surface area contributed by atoms with E-state index in [9.17, 15) is 0 Å². The number of nitriles is 1. The van der Waals surface area contributed by atoms with E-state index in [4.69, 9.17) is 16.9 Å². The average Bonchev–Trinajstić information content (AvgIpc) is 2.74. The molecule has 0 bridgehead atoms. The highest BCUT2D eigenvalue weighted by Crippen LogP contribution is 2.18. The number of rotatable bonds is 2. The second-order valence-corrected chi connectivity index (χ2v) is 4.38. The molecule has 0 saturated carbocycles. The van der Waals surface area contributed by atoms with Gasteiger partial charge in [0.25, 0.3) is 0 Å². The lowest BCUT2D eigenvalue weighted by atomic mass is 10.1. The van der Waals surface area contributed by atoms with Crippen LogP contribution in [0.3, 0.4) is 0 Å². The lowest BCUT2D eigenvalue weighted by Crippen LogP contribution is -1.98. The van der Waals surface area contributed by atoms with Crippen LogP contribution in [0.4, 0.5) is 0 Å². The smallest absolute Gasteiger partial charge is 0.101 e. The summed E-state index contributed by atoms with van der Waals surface area (Å²) in [4.78, 5) is 0. The molecule has 1 aromatic heterocycles. The van der Waals surface area contributed by atoms with Gasteiger partial charge in [-0.1, -0.05) is 6.07 Å². The summed E-state index contributed by atoms with van der Waals surface area (Å²) >= 11 is 9.04. The van der Waals surface area contributed by atoms with Crippen molar-refractivity contribution >= 4 is 27.5 Å². The third kappa shape index (κ3) is 2.11. The number of aromatic nitrogens is 2. The topological polar surface area (TPSA) is 41.6 Å². The van der Waals surface area contributed by atoms with E-state index >= 15 is 0 Å². The van der Waals surface area contributed by atoms with Gasteiger partial charge in [0.05, 0.1) is 21.9 Å². The highest BCUT2D eigenvalue weighted by molar-refractivity contribution is 9.10. The van der Waals surface area contributed by atoms with Gasteiger partial charge in [0.1, 0.15) is 6.07 Å². The van der Waals surface area contributed by atoms with Crippen LogP contribution in [0.15, 0.2) is 35.1 Å². The monoisotopic (exact) mass is 295 g/mol. The molecule has 0 radical (unpaired) electrons. The van der Waals surface area contributed by atoms with Crippen LogP contribution in [0.5, 0.6) is 0 Å². The zero-order valence-electron chi connectivity index (χ0n) is 8.19. The molecule has 0 aliphatic carbocycles. The normalized spacial score (nSPS) is 10.1. The van der Waals surface area contributed by atoms with E-state index in [0.717, 1.165) is 15.7 Å². The molecule has 2 rings (SSSR count). The maximum atomic E-state index is 9.06. The van der Waals surface area contributed by atoms with Crippen LogP contribution in [0.25, 0.3) is 5.69 Å². The van der Waals surface area contributed by atoms with Crippen molar-refractivity contribution in [1.29, 1.82) is 5.26 Å². The Morgan fingerprint density at radius 2 is 2.31 bits per heavy atom. The first-order valence-electron chi connectivity index (χ1n) is 4.54. The van der Waals surface area contributed by atoms with Crippen molar-refractivity contribution in [2.24, 2.45) is 0 Å². The van der Waals surface area contributed by atoms with E-state index in [2.05, 4.69) is 27.1 Å². The standard InChI is InChI=1S/C11H7BrClN3/c12-10-6-15-16(7-10)11-2-1-8(4-13)3-9(11)5-14/h1-3,6-7H,4H2. The average molecular weight is 297 g/mol. The molecule has 0 amide bonds. The quantitative estimate of drug-likeness (QED) is 0.798. The highest BCUT2D eigenvalue weighted by Gasteiger charge is 2.06. The lowest BCUT2D eigenvalue weighted by Gasteiger charge is -2.05. The van der Waals surface area contributed by atoms with Crippen LogP contribution in [0.2, 0.25) is 0 Å². The van der Waals surface area contributed by atoms with Crippen LogP contribution in [-0.4, -0.2) is 9.78 Å². The van der Waals surface area contributed by atoms with Gasteiger partial charge in [0.15, 0.2) is 0 Å². The molecule has 0 N–H and O–H groups in total. The van der Waals surface area contributed by atoms with Gasteiger partial charge in [-0.15, -0.1) is 11.6 Å². The number of benzene rings is 1. The zero-order chi connectivity index (χ0) is 11.5. The van der Waals surface area contributed by atoms with Crippen molar-refractivity contribution in [1.82, 2.24) is 9.78 Å². The fourth-order valence-electron chi connectivity index (χ4n) is 1.39. The molecule has 0 atom stereocenters.